The molecule has 0 heterocycles. The Morgan fingerprint density at radius 1 is 0.833 bits per heavy atom. The molecular formula is C11H24S. The van der Waals surface area contributed by atoms with Crippen LogP contribution < -0.4 is 0 Å². The van der Waals surface area contributed by atoms with Gasteiger partial charge in [-0.15, -0.1) is 0 Å². The van der Waals surface area contributed by atoms with E-state index in [9.17, 15) is 0 Å². The predicted octanol–water partition coefficient (Wildman–Crippen LogP) is 4.07. The highest BCUT2D eigenvalue weighted by Gasteiger charge is 1.92. The van der Waals surface area contributed by atoms with E-state index in [0.717, 1.165) is 0 Å². The summed E-state index contributed by atoms with van der Waals surface area (Å²) in [5.74, 6) is 6.95. The lowest BCUT2D eigenvalue weighted by Gasteiger charge is -2.05. The van der Waals surface area contributed by atoms with Crippen LogP contribution in [0.1, 0.15) is 52.4 Å². The molecule has 0 aromatic rings. The zero-order chi connectivity index (χ0) is 9.23. The molecule has 0 saturated heterocycles. The average Bonchev–Trinajstić information content (AvgIpc) is 2.06. The van der Waals surface area contributed by atoms with E-state index in [-0.39, 0.29) is 0 Å². The van der Waals surface area contributed by atoms with Crippen molar-refractivity contribution < 1.29 is 0 Å². The van der Waals surface area contributed by atoms with Crippen LogP contribution in [0, 0.1) is 0 Å². The van der Waals surface area contributed by atoms with Crippen molar-refractivity contribution in [2.75, 3.05) is 11.5 Å². The molecule has 74 valence electrons. The third kappa shape index (κ3) is 8.32. The molecule has 1 heteroatoms. The summed E-state index contributed by atoms with van der Waals surface area (Å²) in [7, 11) is 0.477. The molecule has 0 aliphatic rings. The molecule has 0 unspecified atom stereocenters. The van der Waals surface area contributed by atoms with Crippen molar-refractivity contribution >= 4 is 16.4 Å². The molecule has 0 aromatic carbocycles. The van der Waals surface area contributed by atoms with Crippen LogP contribution in [0.5, 0.6) is 0 Å². The van der Waals surface area contributed by atoms with E-state index in [2.05, 4.69) is 19.7 Å². The van der Waals surface area contributed by atoms with Crippen LogP contribution in [0.3, 0.4) is 0 Å². The molecule has 12 heavy (non-hydrogen) atoms. The van der Waals surface area contributed by atoms with E-state index in [1.165, 1.54) is 50.0 Å². The molecule has 0 atom stereocenters. The van der Waals surface area contributed by atoms with Gasteiger partial charge in [0.15, 0.2) is 0 Å². The summed E-state index contributed by atoms with van der Waals surface area (Å²) in [4.78, 5) is 0. The highest BCUT2D eigenvalue weighted by Crippen LogP contribution is 2.15. The second-order valence-electron chi connectivity index (χ2n) is 3.43. The maximum Gasteiger partial charge on any atom is -0.0123 e. The summed E-state index contributed by atoms with van der Waals surface area (Å²) >= 11 is 0. The lowest BCUT2D eigenvalue weighted by atomic mass is 10.3. The summed E-state index contributed by atoms with van der Waals surface area (Å²) in [6.07, 6.45) is 8.27. The lowest BCUT2D eigenvalue weighted by Crippen LogP contribution is -1.88. The van der Waals surface area contributed by atoms with Gasteiger partial charge in [0.1, 0.15) is 0 Å². The topological polar surface area (TPSA) is 0 Å². The quantitative estimate of drug-likeness (QED) is 0.398. The fraction of sp³-hybridized carbons (Fsp3) is 0.909. The summed E-state index contributed by atoms with van der Waals surface area (Å²) in [5, 5.41) is 0. The van der Waals surface area contributed by atoms with Gasteiger partial charge in [0, 0.05) is 0 Å². The molecule has 0 radical (unpaired) electrons. The van der Waals surface area contributed by atoms with E-state index in [1.54, 1.807) is 0 Å². The van der Waals surface area contributed by atoms with Gasteiger partial charge in [0.05, 0.1) is 0 Å². The van der Waals surface area contributed by atoms with Gasteiger partial charge in [-0.1, -0.05) is 45.4 Å². The average molecular weight is 188 g/mol. The SMILES string of the molecule is C=S(CCCCC)CCCCC. The number of hydrogen-bond donors (Lipinski definition) is 0. The molecule has 0 aliphatic carbocycles. The van der Waals surface area contributed by atoms with Crippen molar-refractivity contribution in [3.63, 3.8) is 0 Å². The molecule has 0 saturated carbocycles. The van der Waals surface area contributed by atoms with Crippen molar-refractivity contribution in [2.45, 2.75) is 52.4 Å². The van der Waals surface area contributed by atoms with Crippen molar-refractivity contribution in [3.8, 4) is 0 Å². The molecule has 0 N–H and O–H groups in total. The number of hydrogen-bond acceptors (Lipinski definition) is 0. The maximum absolute atomic E-state index is 4.21. The van der Waals surface area contributed by atoms with Crippen LogP contribution in [-0.2, 0) is 0 Å². The van der Waals surface area contributed by atoms with Crippen LogP contribution in [-0.4, -0.2) is 17.4 Å². The summed E-state index contributed by atoms with van der Waals surface area (Å²) in [5.41, 5.74) is 0. The van der Waals surface area contributed by atoms with Crippen molar-refractivity contribution in [1.29, 1.82) is 0 Å². The highest BCUT2D eigenvalue weighted by atomic mass is 32.2. The van der Waals surface area contributed by atoms with Gasteiger partial charge in [-0.25, -0.2) is 0 Å². The van der Waals surface area contributed by atoms with Crippen molar-refractivity contribution in [2.24, 2.45) is 0 Å². The van der Waals surface area contributed by atoms with Crippen LogP contribution in [0.15, 0.2) is 0 Å². The Morgan fingerprint density at radius 2 is 1.25 bits per heavy atom. The maximum atomic E-state index is 4.21. The molecule has 0 fully saturated rings. The van der Waals surface area contributed by atoms with Crippen LogP contribution in [0.2, 0.25) is 0 Å². The van der Waals surface area contributed by atoms with Crippen LogP contribution >= 0.6 is 10.5 Å². The Kier molecular flexibility index (Phi) is 9.48. The Hall–Kier alpha value is 0.220. The Morgan fingerprint density at radius 3 is 1.58 bits per heavy atom. The molecule has 0 nitrogen and oxygen atoms in total. The van der Waals surface area contributed by atoms with E-state index in [4.69, 9.17) is 0 Å². The van der Waals surface area contributed by atoms with Gasteiger partial charge in [-0.05, 0) is 24.3 Å². The Labute approximate surface area is 80.7 Å². The number of unbranched alkanes of at least 4 members (excludes halogenated alkanes) is 4. The van der Waals surface area contributed by atoms with Gasteiger partial charge >= 0.3 is 0 Å². The zero-order valence-electron chi connectivity index (χ0n) is 8.77. The summed E-state index contributed by atoms with van der Waals surface area (Å²) in [6, 6.07) is 0. The predicted molar refractivity (Wildman–Crippen MR) is 63.5 cm³/mol. The third-order valence-electron chi connectivity index (χ3n) is 2.07. The van der Waals surface area contributed by atoms with Gasteiger partial charge in [0.25, 0.3) is 0 Å². The van der Waals surface area contributed by atoms with Gasteiger partial charge in [-0.3, -0.25) is 0 Å². The van der Waals surface area contributed by atoms with Gasteiger partial charge < -0.3 is 0 Å². The molecule has 0 aliphatic heterocycles. The minimum Gasteiger partial charge on any atom is -0.193 e. The largest absolute Gasteiger partial charge is 0.193 e. The lowest BCUT2D eigenvalue weighted by molar-refractivity contribution is 0.768. The summed E-state index contributed by atoms with van der Waals surface area (Å²) < 4.78 is 0. The smallest absolute Gasteiger partial charge is 0.0123 e. The molecule has 0 amide bonds. The normalized spacial score (nSPS) is 10.9. The third-order valence-corrected chi connectivity index (χ3v) is 3.81. The van der Waals surface area contributed by atoms with E-state index >= 15 is 0 Å². The highest BCUT2D eigenvalue weighted by molar-refractivity contribution is 8.14. The molecule has 0 bridgehead atoms. The molecular weight excluding hydrogens is 164 g/mol. The monoisotopic (exact) mass is 188 g/mol. The molecule has 0 rings (SSSR count). The standard InChI is InChI=1S/C11H24S/c1-4-6-8-10-12(3)11-9-7-5-2/h3-11H2,1-2H3. The van der Waals surface area contributed by atoms with Crippen molar-refractivity contribution in [1.82, 2.24) is 0 Å². The first kappa shape index (κ1) is 12.2. The van der Waals surface area contributed by atoms with E-state index in [1.807, 2.05) is 0 Å². The Balaban J connectivity index is 3.10. The summed E-state index contributed by atoms with van der Waals surface area (Å²) in [6.45, 7) is 4.52. The van der Waals surface area contributed by atoms with Crippen LogP contribution in [0.25, 0.3) is 0 Å². The first-order chi connectivity index (χ1) is 5.81. The molecule has 0 spiro atoms. The fourth-order valence-corrected chi connectivity index (χ4v) is 2.64. The second-order valence-corrected chi connectivity index (χ2v) is 5.48. The van der Waals surface area contributed by atoms with E-state index < -0.39 is 0 Å². The van der Waals surface area contributed by atoms with Gasteiger partial charge in [0.2, 0.25) is 0 Å². The van der Waals surface area contributed by atoms with Crippen molar-refractivity contribution in [3.05, 3.63) is 0 Å². The van der Waals surface area contributed by atoms with Crippen LogP contribution in [0.4, 0.5) is 0 Å². The minimum absolute atomic E-state index is 0.477. The second kappa shape index (κ2) is 9.31. The van der Waals surface area contributed by atoms with Gasteiger partial charge in [-0.2, -0.15) is 10.5 Å². The fourth-order valence-electron chi connectivity index (χ4n) is 1.21. The minimum atomic E-state index is 0.477. The zero-order valence-corrected chi connectivity index (χ0v) is 9.59. The first-order valence-corrected chi connectivity index (χ1v) is 7.01. The Bertz CT molecular complexity index is 95.6. The number of rotatable bonds is 8. The van der Waals surface area contributed by atoms with E-state index in [0.29, 0.717) is 10.5 Å². The molecule has 0 aromatic heterocycles. The first-order valence-electron chi connectivity index (χ1n) is 5.28.